The lowest BCUT2D eigenvalue weighted by atomic mass is 9.99. The van der Waals surface area contributed by atoms with Gasteiger partial charge in [-0.2, -0.15) is 0 Å². The Morgan fingerprint density at radius 3 is 2.60 bits per heavy atom. The van der Waals surface area contributed by atoms with E-state index in [1.54, 1.807) is 0 Å². The van der Waals surface area contributed by atoms with Crippen LogP contribution in [-0.2, 0) is 4.79 Å². The van der Waals surface area contributed by atoms with E-state index in [1.807, 2.05) is 18.7 Å². The van der Waals surface area contributed by atoms with Crippen LogP contribution in [0.3, 0.4) is 0 Å². The zero-order chi connectivity index (χ0) is 15.0. The van der Waals surface area contributed by atoms with Crippen molar-refractivity contribution in [3.05, 3.63) is 0 Å². The third kappa shape index (κ3) is 6.68. The number of likely N-dealkylation sites (tertiary alicyclic amines) is 1. The summed E-state index contributed by atoms with van der Waals surface area (Å²) >= 11 is 0. The predicted molar refractivity (Wildman–Crippen MR) is 81.6 cm³/mol. The van der Waals surface area contributed by atoms with Crippen molar-refractivity contribution in [2.75, 3.05) is 45.8 Å². The molecule has 0 spiro atoms. The van der Waals surface area contributed by atoms with Crippen molar-refractivity contribution in [1.29, 1.82) is 0 Å². The van der Waals surface area contributed by atoms with Crippen LogP contribution in [0.15, 0.2) is 0 Å². The molecule has 0 saturated carbocycles. The van der Waals surface area contributed by atoms with Gasteiger partial charge in [0, 0.05) is 19.6 Å². The van der Waals surface area contributed by atoms with Gasteiger partial charge in [-0.15, -0.1) is 0 Å². The molecule has 20 heavy (non-hydrogen) atoms. The van der Waals surface area contributed by atoms with E-state index in [9.17, 15) is 9.90 Å². The topological polar surface area (TPSA) is 55.8 Å². The highest BCUT2D eigenvalue weighted by atomic mass is 16.3. The third-order valence-corrected chi connectivity index (χ3v) is 4.00. The largest absolute Gasteiger partial charge is 0.390 e. The van der Waals surface area contributed by atoms with Gasteiger partial charge < -0.3 is 15.3 Å². The highest BCUT2D eigenvalue weighted by Crippen LogP contribution is 2.16. The Labute approximate surface area is 123 Å². The number of nitrogens with zero attached hydrogens (tertiary/aromatic N) is 2. The van der Waals surface area contributed by atoms with Crippen LogP contribution in [0.4, 0.5) is 0 Å². The van der Waals surface area contributed by atoms with Crippen molar-refractivity contribution in [3.8, 4) is 0 Å². The van der Waals surface area contributed by atoms with Gasteiger partial charge >= 0.3 is 0 Å². The Kier molecular flexibility index (Phi) is 8.11. The lowest BCUT2D eigenvalue weighted by molar-refractivity contribution is -0.122. The second-order valence-corrected chi connectivity index (χ2v) is 5.92. The minimum absolute atomic E-state index is 0.0355. The first-order valence-corrected chi connectivity index (χ1v) is 7.94. The maximum absolute atomic E-state index is 11.6. The quantitative estimate of drug-likeness (QED) is 0.683. The van der Waals surface area contributed by atoms with Crippen molar-refractivity contribution in [3.63, 3.8) is 0 Å². The van der Waals surface area contributed by atoms with Crippen LogP contribution in [0.2, 0.25) is 0 Å². The molecule has 5 nitrogen and oxygen atoms in total. The Bertz CT molecular complexity index is 278. The van der Waals surface area contributed by atoms with Gasteiger partial charge in [-0.3, -0.25) is 9.69 Å². The average molecular weight is 285 g/mol. The molecule has 0 radical (unpaired) electrons. The number of piperidine rings is 1. The molecule has 1 aliphatic heterocycles. The molecule has 1 saturated heterocycles. The summed E-state index contributed by atoms with van der Waals surface area (Å²) in [7, 11) is 0. The van der Waals surface area contributed by atoms with E-state index in [0.717, 1.165) is 32.1 Å². The number of aliphatic hydroxyl groups excluding tert-OH is 1. The smallest absolute Gasteiger partial charge is 0.234 e. The van der Waals surface area contributed by atoms with E-state index in [4.69, 9.17) is 0 Å². The fraction of sp³-hybridized carbons (Fsp3) is 0.933. The highest BCUT2D eigenvalue weighted by molar-refractivity contribution is 5.77. The van der Waals surface area contributed by atoms with Crippen molar-refractivity contribution in [2.24, 2.45) is 5.92 Å². The minimum atomic E-state index is -0.377. The molecule has 1 rings (SSSR count). The standard InChI is InChI=1S/C15H31N3O2/c1-4-16-15(20)12-17(5-2)10-14(19)11-18-8-6-13(3)7-9-18/h13-14,19H,4-12H2,1-3H3,(H,16,20). The third-order valence-electron chi connectivity index (χ3n) is 4.00. The van der Waals surface area contributed by atoms with Gasteiger partial charge in [0.25, 0.3) is 0 Å². The second kappa shape index (κ2) is 9.32. The van der Waals surface area contributed by atoms with Crippen LogP contribution in [0, 0.1) is 5.92 Å². The van der Waals surface area contributed by atoms with E-state index in [1.165, 1.54) is 12.8 Å². The van der Waals surface area contributed by atoms with Crippen LogP contribution < -0.4 is 5.32 Å². The summed E-state index contributed by atoms with van der Waals surface area (Å²) in [6, 6.07) is 0. The van der Waals surface area contributed by atoms with Gasteiger partial charge in [0.1, 0.15) is 0 Å². The van der Waals surface area contributed by atoms with Gasteiger partial charge in [-0.1, -0.05) is 13.8 Å². The van der Waals surface area contributed by atoms with E-state index in [-0.39, 0.29) is 12.0 Å². The van der Waals surface area contributed by atoms with E-state index < -0.39 is 0 Å². The molecule has 5 heteroatoms. The van der Waals surface area contributed by atoms with E-state index >= 15 is 0 Å². The number of hydrogen-bond donors (Lipinski definition) is 2. The zero-order valence-corrected chi connectivity index (χ0v) is 13.3. The Hall–Kier alpha value is -0.650. The summed E-state index contributed by atoms with van der Waals surface area (Å²) < 4.78 is 0. The van der Waals surface area contributed by atoms with Crippen molar-refractivity contribution in [1.82, 2.24) is 15.1 Å². The van der Waals surface area contributed by atoms with Gasteiger partial charge in [0.05, 0.1) is 12.6 Å². The number of rotatable bonds is 8. The van der Waals surface area contributed by atoms with Gasteiger partial charge in [-0.25, -0.2) is 0 Å². The first kappa shape index (κ1) is 17.4. The summed E-state index contributed by atoms with van der Waals surface area (Å²) in [5.74, 6) is 0.849. The summed E-state index contributed by atoms with van der Waals surface area (Å²) in [6.07, 6.45) is 2.07. The molecule has 0 bridgehead atoms. The molecule has 1 unspecified atom stereocenters. The van der Waals surface area contributed by atoms with Gasteiger partial charge in [-0.05, 0) is 45.3 Å². The molecular weight excluding hydrogens is 254 g/mol. The molecule has 0 aromatic carbocycles. The lowest BCUT2D eigenvalue weighted by Crippen LogP contribution is -2.45. The summed E-state index contributed by atoms with van der Waals surface area (Å²) in [6.45, 7) is 11.5. The minimum Gasteiger partial charge on any atom is -0.390 e. The molecule has 0 aromatic heterocycles. The first-order chi connectivity index (χ1) is 9.55. The van der Waals surface area contributed by atoms with E-state index in [0.29, 0.717) is 19.6 Å². The number of hydrogen-bond acceptors (Lipinski definition) is 4. The number of amides is 1. The first-order valence-electron chi connectivity index (χ1n) is 7.94. The van der Waals surface area contributed by atoms with Crippen LogP contribution in [0.25, 0.3) is 0 Å². The normalized spacial score (nSPS) is 19.2. The molecule has 1 heterocycles. The van der Waals surface area contributed by atoms with Crippen LogP contribution in [0.1, 0.15) is 33.6 Å². The van der Waals surface area contributed by atoms with Crippen LogP contribution >= 0.6 is 0 Å². The molecule has 1 fully saturated rings. The monoisotopic (exact) mass is 285 g/mol. The SMILES string of the molecule is CCNC(=O)CN(CC)CC(O)CN1CCC(C)CC1. The second-order valence-electron chi connectivity index (χ2n) is 5.92. The number of likely N-dealkylation sites (N-methyl/N-ethyl adjacent to an activating group) is 2. The van der Waals surface area contributed by atoms with Crippen molar-refractivity contribution >= 4 is 5.91 Å². The molecule has 0 aliphatic carbocycles. The molecule has 0 aromatic rings. The maximum Gasteiger partial charge on any atom is 0.234 e. The fourth-order valence-corrected chi connectivity index (χ4v) is 2.66. The molecule has 1 amide bonds. The fourth-order valence-electron chi connectivity index (χ4n) is 2.66. The summed E-state index contributed by atoms with van der Waals surface area (Å²) in [5, 5.41) is 13.0. The van der Waals surface area contributed by atoms with Crippen LogP contribution in [0.5, 0.6) is 0 Å². The zero-order valence-electron chi connectivity index (χ0n) is 13.3. The molecule has 2 N–H and O–H groups in total. The van der Waals surface area contributed by atoms with E-state index in [2.05, 4.69) is 17.1 Å². The number of nitrogens with one attached hydrogen (secondary N) is 1. The molecule has 1 aliphatic rings. The predicted octanol–water partition coefficient (Wildman–Crippen LogP) is 0.537. The lowest BCUT2D eigenvalue weighted by Gasteiger charge is -2.33. The number of β-amino-alcohol motifs (C(OH)–C–C–N with tert-alkyl or cyclic N) is 1. The number of carbonyl (C=O) groups is 1. The number of carbonyl (C=O) groups excluding carboxylic acids is 1. The molecular formula is C15H31N3O2. The van der Waals surface area contributed by atoms with Crippen LogP contribution in [-0.4, -0.2) is 72.7 Å². The number of aliphatic hydroxyl groups is 1. The van der Waals surface area contributed by atoms with Crippen molar-refractivity contribution < 1.29 is 9.90 Å². The Morgan fingerprint density at radius 1 is 1.40 bits per heavy atom. The van der Waals surface area contributed by atoms with Gasteiger partial charge in [0.2, 0.25) is 5.91 Å². The Morgan fingerprint density at radius 2 is 2.05 bits per heavy atom. The highest BCUT2D eigenvalue weighted by Gasteiger charge is 2.20. The molecule has 118 valence electrons. The maximum atomic E-state index is 11.6. The van der Waals surface area contributed by atoms with Gasteiger partial charge in [0.15, 0.2) is 0 Å². The van der Waals surface area contributed by atoms with Crippen molar-refractivity contribution in [2.45, 2.75) is 39.7 Å². The summed E-state index contributed by atoms with van der Waals surface area (Å²) in [5.41, 5.74) is 0. The molecule has 1 atom stereocenters. The average Bonchev–Trinajstić information content (AvgIpc) is 2.41. The Balaban J connectivity index is 2.27. The summed E-state index contributed by atoms with van der Waals surface area (Å²) in [4.78, 5) is 15.9.